The van der Waals surface area contributed by atoms with Crippen molar-refractivity contribution in [1.29, 1.82) is 0 Å². The van der Waals surface area contributed by atoms with Gasteiger partial charge >= 0.3 is 24.1 Å². The first-order chi connectivity index (χ1) is 19.2. The van der Waals surface area contributed by atoms with Crippen LogP contribution in [0.25, 0.3) is 0 Å². The van der Waals surface area contributed by atoms with Crippen LogP contribution >= 0.6 is 0 Å². The summed E-state index contributed by atoms with van der Waals surface area (Å²) in [4.78, 5) is 49.3. The maximum atomic E-state index is 12.7. The van der Waals surface area contributed by atoms with Gasteiger partial charge in [0, 0.05) is 12.8 Å². The summed E-state index contributed by atoms with van der Waals surface area (Å²) in [5.41, 5.74) is 6.69. The predicted octanol–water partition coefficient (Wildman–Crippen LogP) is 5.76. The molecular weight excluding hydrogens is 530 g/mol. The second kappa shape index (κ2) is 18.3. The minimum absolute atomic E-state index is 0.0656. The predicted molar refractivity (Wildman–Crippen MR) is 154 cm³/mol. The van der Waals surface area contributed by atoms with Gasteiger partial charge in [-0.3, -0.25) is 14.4 Å². The van der Waals surface area contributed by atoms with E-state index in [1.807, 2.05) is 41.5 Å². The van der Waals surface area contributed by atoms with Gasteiger partial charge in [-0.2, -0.15) is 0 Å². The lowest BCUT2D eigenvalue weighted by Crippen LogP contribution is -2.39. The van der Waals surface area contributed by atoms with Crippen LogP contribution in [0.2, 0.25) is 0 Å². The highest BCUT2D eigenvalue weighted by Crippen LogP contribution is 2.30. The zero-order valence-corrected chi connectivity index (χ0v) is 25.9. The molecule has 0 fully saturated rings. The first kappa shape index (κ1) is 35.9. The molecule has 0 heterocycles. The number of benzene rings is 1. The third-order valence-electron chi connectivity index (χ3n) is 6.23. The number of carbonyl (C=O) groups excluding carboxylic acids is 4. The molecule has 0 bridgehead atoms. The van der Waals surface area contributed by atoms with Crippen LogP contribution in [0.3, 0.4) is 0 Å². The molecule has 3 atom stereocenters. The van der Waals surface area contributed by atoms with Gasteiger partial charge < -0.3 is 29.4 Å². The van der Waals surface area contributed by atoms with Crippen molar-refractivity contribution in [2.45, 2.75) is 112 Å². The summed E-state index contributed by atoms with van der Waals surface area (Å²) in [5, 5.41) is 0. The average Bonchev–Trinajstić information content (AvgIpc) is 2.87. The van der Waals surface area contributed by atoms with Crippen LogP contribution in [-0.4, -0.2) is 48.9 Å². The molecule has 0 radical (unpaired) electrons. The molecule has 0 unspecified atom stereocenters. The van der Waals surface area contributed by atoms with Crippen molar-refractivity contribution in [2.75, 3.05) is 6.61 Å². The molecular formula is C31H49NO9. The highest BCUT2D eigenvalue weighted by Gasteiger charge is 2.25. The number of ether oxygens (including phenoxy) is 5. The summed E-state index contributed by atoms with van der Waals surface area (Å²) in [6.45, 7) is 15.5. The van der Waals surface area contributed by atoms with E-state index in [4.69, 9.17) is 29.4 Å². The molecule has 0 saturated heterocycles. The Morgan fingerprint density at radius 2 is 1.22 bits per heavy atom. The average molecular weight is 580 g/mol. The molecule has 10 nitrogen and oxygen atoms in total. The van der Waals surface area contributed by atoms with Crippen molar-refractivity contribution in [3.63, 3.8) is 0 Å². The third-order valence-corrected chi connectivity index (χ3v) is 6.23. The number of carbonyl (C=O) groups is 4. The molecule has 1 rings (SSSR count). The molecule has 0 aromatic heterocycles. The van der Waals surface area contributed by atoms with E-state index >= 15 is 0 Å². The summed E-state index contributed by atoms with van der Waals surface area (Å²) in [6.07, 6.45) is 0.180. The second-order valence-electron chi connectivity index (χ2n) is 11.7. The SMILES string of the molecule is CC(C)CCOC(=O)O[C@@H](C)[C@H](C)OC(=O)[C@@H](N)Cc1ccc(OC(=O)CCC(C)C)c(OC(=O)CCC(C)C)c1. The van der Waals surface area contributed by atoms with Crippen LogP contribution in [0.15, 0.2) is 18.2 Å². The van der Waals surface area contributed by atoms with Gasteiger partial charge in [0.15, 0.2) is 11.5 Å². The van der Waals surface area contributed by atoms with Crippen LogP contribution in [0, 0.1) is 17.8 Å². The van der Waals surface area contributed by atoms with Crippen molar-refractivity contribution in [3.05, 3.63) is 23.8 Å². The van der Waals surface area contributed by atoms with Crippen LogP contribution in [-0.2, 0) is 35.0 Å². The monoisotopic (exact) mass is 579 g/mol. The number of hydrogen-bond acceptors (Lipinski definition) is 10. The van der Waals surface area contributed by atoms with E-state index in [0.717, 1.165) is 0 Å². The number of nitrogens with two attached hydrogens (primary N) is 1. The van der Waals surface area contributed by atoms with Gasteiger partial charge in [-0.25, -0.2) is 4.79 Å². The van der Waals surface area contributed by atoms with Gasteiger partial charge in [0.25, 0.3) is 0 Å². The Labute approximate surface area is 244 Å². The van der Waals surface area contributed by atoms with Gasteiger partial charge in [0.1, 0.15) is 18.2 Å². The summed E-state index contributed by atoms with van der Waals surface area (Å²) in [7, 11) is 0. The molecule has 0 aliphatic heterocycles. The van der Waals surface area contributed by atoms with Crippen molar-refractivity contribution >= 4 is 24.1 Å². The topological polar surface area (TPSA) is 140 Å². The molecule has 41 heavy (non-hydrogen) atoms. The number of hydrogen-bond donors (Lipinski definition) is 1. The Bertz CT molecular complexity index is 990. The lowest BCUT2D eigenvalue weighted by Gasteiger charge is -2.22. The molecule has 0 aliphatic rings. The van der Waals surface area contributed by atoms with Crippen LogP contribution in [0.1, 0.15) is 93.1 Å². The second-order valence-corrected chi connectivity index (χ2v) is 11.7. The molecule has 232 valence electrons. The van der Waals surface area contributed by atoms with E-state index < -0.39 is 42.3 Å². The number of esters is 3. The van der Waals surface area contributed by atoms with E-state index in [1.54, 1.807) is 19.9 Å². The van der Waals surface area contributed by atoms with Crippen molar-refractivity contribution in [1.82, 2.24) is 0 Å². The minimum Gasteiger partial charge on any atom is -0.458 e. The van der Waals surface area contributed by atoms with Crippen LogP contribution in [0.5, 0.6) is 11.5 Å². The van der Waals surface area contributed by atoms with Gasteiger partial charge in [0.2, 0.25) is 0 Å². The maximum Gasteiger partial charge on any atom is 0.508 e. The third kappa shape index (κ3) is 15.4. The van der Waals surface area contributed by atoms with Gasteiger partial charge in [-0.05, 0) is 75.0 Å². The Morgan fingerprint density at radius 3 is 1.76 bits per heavy atom. The quantitative estimate of drug-likeness (QED) is 0.179. The lowest BCUT2D eigenvalue weighted by molar-refractivity contribution is -0.155. The van der Waals surface area contributed by atoms with Gasteiger partial charge in [0.05, 0.1) is 6.61 Å². The van der Waals surface area contributed by atoms with Gasteiger partial charge in [-0.1, -0.05) is 47.6 Å². The summed E-state index contributed by atoms with van der Waals surface area (Å²) >= 11 is 0. The van der Waals surface area contributed by atoms with E-state index in [0.29, 0.717) is 42.6 Å². The molecule has 0 amide bonds. The lowest BCUT2D eigenvalue weighted by atomic mass is 10.1. The smallest absolute Gasteiger partial charge is 0.458 e. The highest BCUT2D eigenvalue weighted by molar-refractivity contribution is 5.77. The first-order valence-electron chi connectivity index (χ1n) is 14.5. The summed E-state index contributed by atoms with van der Waals surface area (Å²) in [5.74, 6) is -0.337. The molecule has 0 aliphatic carbocycles. The van der Waals surface area contributed by atoms with Crippen molar-refractivity contribution in [3.8, 4) is 11.5 Å². The maximum absolute atomic E-state index is 12.7. The fraction of sp³-hybridized carbons (Fsp3) is 0.677. The fourth-order valence-electron chi connectivity index (χ4n) is 3.37. The highest BCUT2D eigenvalue weighted by atomic mass is 16.7. The molecule has 1 aromatic carbocycles. The summed E-state index contributed by atoms with van der Waals surface area (Å²) < 4.78 is 26.7. The van der Waals surface area contributed by atoms with Gasteiger partial charge in [-0.15, -0.1) is 0 Å². The van der Waals surface area contributed by atoms with Crippen molar-refractivity contribution < 1.29 is 42.9 Å². The van der Waals surface area contributed by atoms with E-state index in [2.05, 4.69) is 0 Å². The van der Waals surface area contributed by atoms with Crippen molar-refractivity contribution in [2.24, 2.45) is 23.5 Å². The molecule has 0 spiro atoms. The van der Waals surface area contributed by atoms with E-state index in [1.165, 1.54) is 12.1 Å². The Balaban J connectivity index is 2.85. The van der Waals surface area contributed by atoms with E-state index in [9.17, 15) is 19.2 Å². The van der Waals surface area contributed by atoms with Crippen LogP contribution < -0.4 is 15.2 Å². The molecule has 0 saturated carbocycles. The standard InChI is InChI=1S/C31H49NO9/c1-19(2)9-13-28(33)40-26-12-11-24(18-27(26)41-29(34)14-10-20(3)4)17-25(32)30(35)38-22(7)23(8)39-31(36)37-16-15-21(5)6/h11-12,18-23,25H,9-10,13-17,32H2,1-8H3/t22-,23-,25-/m0/s1. The Kier molecular flexibility index (Phi) is 16.0. The van der Waals surface area contributed by atoms with E-state index in [-0.39, 0.29) is 37.4 Å². The zero-order valence-electron chi connectivity index (χ0n) is 25.9. The Hall–Kier alpha value is -3.14. The first-order valence-corrected chi connectivity index (χ1v) is 14.5. The largest absolute Gasteiger partial charge is 0.508 e. The number of rotatable bonds is 17. The normalized spacial score (nSPS) is 13.5. The molecule has 10 heteroatoms. The van der Waals surface area contributed by atoms with Crippen LogP contribution in [0.4, 0.5) is 4.79 Å². The molecule has 1 aromatic rings. The minimum atomic E-state index is -1.05. The molecule has 2 N–H and O–H groups in total. The fourth-order valence-corrected chi connectivity index (χ4v) is 3.37. The summed E-state index contributed by atoms with van der Waals surface area (Å²) in [6, 6.07) is 3.65. The Morgan fingerprint density at radius 1 is 0.707 bits per heavy atom. The zero-order chi connectivity index (χ0) is 31.1.